The van der Waals surface area contributed by atoms with E-state index in [1.165, 1.54) is 32.1 Å². The molecule has 1 aromatic rings. The lowest BCUT2D eigenvalue weighted by molar-refractivity contribution is 0.0914. The summed E-state index contributed by atoms with van der Waals surface area (Å²) in [6.45, 7) is 0. The third kappa shape index (κ3) is 3.63. The van der Waals surface area contributed by atoms with Crippen molar-refractivity contribution < 1.29 is 5.11 Å². The average molecular weight is 287 g/mol. The minimum Gasteiger partial charge on any atom is -0.388 e. The second-order valence-electron chi connectivity index (χ2n) is 5.22. The monoisotopic (exact) mass is 286 g/mol. The summed E-state index contributed by atoms with van der Waals surface area (Å²) in [5.74, 6) is 0.337. The molecule has 1 nitrogen and oxygen atoms in total. The third-order valence-electron chi connectivity index (χ3n) is 3.88. The lowest BCUT2D eigenvalue weighted by Crippen LogP contribution is -2.14. The van der Waals surface area contributed by atoms with Crippen LogP contribution in [0.15, 0.2) is 18.2 Å². The molecule has 1 N–H and O–H groups in total. The average Bonchev–Trinajstić information content (AvgIpc) is 2.27. The Hall–Kier alpha value is -0.240. The quantitative estimate of drug-likeness (QED) is 0.773. The van der Waals surface area contributed by atoms with E-state index in [9.17, 15) is 5.11 Å². The van der Waals surface area contributed by atoms with Gasteiger partial charge in [-0.1, -0.05) is 61.4 Å². The van der Waals surface area contributed by atoms with Crippen molar-refractivity contribution >= 4 is 23.2 Å². The van der Waals surface area contributed by atoms with Crippen LogP contribution in [0.1, 0.15) is 56.6 Å². The van der Waals surface area contributed by atoms with E-state index in [0.29, 0.717) is 16.0 Å². The van der Waals surface area contributed by atoms with Crippen LogP contribution in [0.4, 0.5) is 0 Å². The van der Waals surface area contributed by atoms with E-state index in [-0.39, 0.29) is 0 Å². The van der Waals surface area contributed by atoms with Gasteiger partial charge in [0.2, 0.25) is 0 Å². The molecule has 3 heteroatoms. The molecule has 1 aliphatic rings. The lowest BCUT2D eigenvalue weighted by Gasteiger charge is -2.25. The Labute approximate surface area is 119 Å². The summed E-state index contributed by atoms with van der Waals surface area (Å²) in [6, 6.07) is 5.37. The van der Waals surface area contributed by atoms with Crippen LogP contribution in [0.3, 0.4) is 0 Å². The highest BCUT2D eigenvalue weighted by molar-refractivity contribution is 6.35. The SMILES string of the molecule is OC(c1ccc(Cl)cc1Cl)C1CCCCCCC1. The molecule has 1 aromatic carbocycles. The molecule has 1 aliphatic carbocycles. The van der Waals surface area contributed by atoms with Gasteiger partial charge in [0.05, 0.1) is 6.10 Å². The van der Waals surface area contributed by atoms with Crippen molar-refractivity contribution in [3.05, 3.63) is 33.8 Å². The van der Waals surface area contributed by atoms with Gasteiger partial charge in [0, 0.05) is 10.0 Å². The Morgan fingerprint density at radius 1 is 1.00 bits per heavy atom. The molecule has 0 aliphatic heterocycles. The maximum Gasteiger partial charge on any atom is 0.0832 e. The molecule has 1 atom stereocenters. The summed E-state index contributed by atoms with van der Waals surface area (Å²) in [5, 5.41) is 11.7. The van der Waals surface area contributed by atoms with Crippen LogP contribution in [0.5, 0.6) is 0 Å². The first kappa shape index (κ1) is 14.2. The van der Waals surface area contributed by atoms with Crippen molar-refractivity contribution in [1.29, 1.82) is 0 Å². The van der Waals surface area contributed by atoms with E-state index in [1.54, 1.807) is 12.1 Å². The van der Waals surface area contributed by atoms with E-state index >= 15 is 0 Å². The summed E-state index contributed by atoms with van der Waals surface area (Å²) < 4.78 is 0. The Morgan fingerprint density at radius 2 is 1.61 bits per heavy atom. The number of aliphatic hydroxyl groups excluding tert-OH is 1. The van der Waals surface area contributed by atoms with Crippen molar-refractivity contribution in [3.63, 3.8) is 0 Å². The van der Waals surface area contributed by atoms with Gasteiger partial charge in [-0.2, -0.15) is 0 Å². The van der Waals surface area contributed by atoms with Gasteiger partial charge in [-0.25, -0.2) is 0 Å². The van der Waals surface area contributed by atoms with Gasteiger partial charge in [0.15, 0.2) is 0 Å². The molecule has 0 heterocycles. The molecule has 0 radical (unpaired) electrons. The van der Waals surface area contributed by atoms with Crippen LogP contribution < -0.4 is 0 Å². The predicted octanol–water partition coefficient (Wildman–Crippen LogP) is 5.39. The number of benzene rings is 1. The van der Waals surface area contributed by atoms with Crippen LogP contribution in [-0.4, -0.2) is 5.11 Å². The minimum atomic E-state index is -0.451. The number of hydrogen-bond donors (Lipinski definition) is 1. The van der Waals surface area contributed by atoms with E-state index in [2.05, 4.69) is 0 Å². The van der Waals surface area contributed by atoms with Crippen molar-refractivity contribution in [1.82, 2.24) is 0 Å². The molecule has 0 amide bonds. The highest BCUT2D eigenvalue weighted by atomic mass is 35.5. The fourth-order valence-corrected chi connectivity index (χ4v) is 3.32. The van der Waals surface area contributed by atoms with Gasteiger partial charge in [-0.05, 0) is 36.5 Å². The Morgan fingerprint density at radius 3 is 2.22 bits per heavy atom. The highest BCUT2D eigenvalue weighted by Gasteiger charge is 2.23. The van der Waals surface area contributed by atoms with Gasteiger partial charge in [0.25, 0.3) is 0 Å². The van der Waals surface area contributed by atoms with Crippen LogP contribution in [0, 0.1) is 5.92 Å². The topological polar surface area (TPSA) is 20.2 Å². The molecule has 1 saturated carbocycles. The van der Waals surface area contributed by atoms with Crippen LogP contribution in [-0.2, 0) is 0 Å². The summed E-state index contributed by atoms with van der Waals surface area (Å²) in [4.78, 5) is 0. The van der Waals surface area contributed by atoms with E-state index in [1.807, 2.05) is 6.07 Å². The van der Waals surface area contributed by atoms with E-state index in [4.69, 9.17) is 23.2 Å². The summed E-state index contributed by atoms with van der Waals surface area (Å²) in [7, 11) is 0. The number of rotatable bonds is 2. The van der Waals surface area contributed by atoms with Crippen molar-refractivity contribution in [2.45, 2.75) is 51.0 Å². The first-order valence-electron chi connectivity index (χ1n) is 6.81. The summed E-state index contributed by atoms with van der Waals surface area (Å²) in [6.07, 6.45) is 8.09. The molecular weight excluding hydrogens is 267 g/mol. The molecule has 0 spiro atoms. The van der Waals surface area contributed by atoms with Crippen molar-refractivity contribution in [3.8, 4) is 0 Å². The third-order valence-corrected chi connectivity index (χ3v) is 4.44. The molecule has 0 saturated heterocycles. The standard InChI is InChI=1S/C15H20Cl2O/c16-12-8-9-13(14(17)10-12)15(18)11-6-4-2-1-3-5-7-11/h8-11,15,18H,1-7H2. The fourth-order valence-electron chi connectivity index (χ4n) is 2.80. The largest absolute Gasteiger partial charge is 0.388 e. The summed E-state index contributed by atoms with van der Waals surface area (Å²) in [5.41, 5.74) is 0.826. The van der Waals surface area contributed by atoms with Gasteiger partial charge in [0.1, 0.15) is 0 Å². The normalized spacial score (nSPS) is 20.2. The smallest absolute Gasteiger partial charge is 0.0832 e. The number of hydrogen-bond acceptors (Lipinski definition) is 1. The zero-order valence-electron chi connectivity index (χ0n) is 10.5. The summed E-state index contributed by atoms with van der Waals surface area (Å²) >= 11 is 12.1. The second kappa shape index (κ2) is 6.79. The molecule has 0 bridgehead atoms. The lowest BCUT2D eigenvalue weighted by atomic mass is 9.84. The Balaban J connectivity index is 2.10. The fraction of sp³-hybridized carbons (Fsp3) is 0.600. The zero-order valence-corrected chi connectivity index (χ0v) is 12.1. The van der Waals surface area contributed by atoms with Gasteiger partial charge < -0.3 is 5.11 Å². The molecule has 1 unspecified atom stereocenters. The van der Waals surface area contributed by atoms with Crippen molar-refractivity contribution in [2.24, 2.45) is 5.92 Å². The predicted molar refractivity (Wildman–Crippen MR) is 77.2 cm³/mol. The zero-order chi connectivity index (χ0) is 13.0. The Kier molecular flexibility index (Phi) is 5.35. The maximum absolute atomic E-state index is 10.5. The van der Waals surface area contributed by atoms with Gasteiger partial charge in [-0.15, -0.1) is 0 Å². The van der Waals surface area contributed by atoms with Gasteiger partial charge in [-0.3, -0.25) is 0 Å². The molecular formula is C15H20Cl2O. The van der Waals surface area contributed by atoms with Gasteiger partial charge >= 0.3 is 0 Å². The van der Waals surface area contributed by atoms with Crippen LogP contribution in [0.25, 0.3) is 0 Å². The molecule has 100 valence electrons. The number of halogens is 2. The maximum atomic E-state index is 10.5. The minimum absolute atomic E-state index is 0.337. The number of aliphatic hydroxyl groups is 1. The van der Waals surface area contributed by atoms with Crippen molar-refractivity contribution in [2.75, 3.05) is 0 Å². The van der Waals surface area contributed by atoms with E-state index in [0.717, 1.165) is 18.4 Å². The molecule has 0 aromatic heterocycles. The first-order chi connectivity index (χ1) is 8.68. The second-order valence-corrected chi connectivity index (χ2v) is 6.06. The van der Waals surface area contributed by atoms with Crippen LogP contribution >= 0.6 is 23.2 Å². The first-order valence-corrected chi connectivity index (χ1v) is 7.57. The molecule has 1 fully saturated rings. The van der Waals surface area contributed by atoms with Crippen LogP contribution in [0.2, 0.25) is 10.0 Å². The molecule has 2 rings (SSSR count). The molecule has 18 heavy (non-hydrogen) atoms. The van der Waals surface area contributed by atoms with E-state index < -0.39 is 6.10 Å². The Bertz CT molecular complexity index is 384. The highest BCUT2D eigenvalue weighted by Crippen LogP contribution is 2.36.